The third-order valence-corrected chi connectivity index (χ3v) is 5.64. The quantitative estimate of drug-likeness (QED) is 0.189. The van der Waals surface area contributed by atoms with E-state index in [1.807, 2.05) is 0 Å². The van der Waals surface area contributed by atoms with Crippen LogP contribution in [0.25, 0.3) is 0 Å². The Morgan fingerprint density at radius 1 is 1.03 bits per heavy atom. The molecule has 0 saturated carbocycles. The number of cyclic esters (lactones) is 1. The highest BCUT2D eigenvalue weighted by Crippen LogP contribution is 2.32. The van der Waals surface area contributed by atoms with Crippen molar-refractivity contribution < 1.29 is 23.9 Å². The standard InChI is InChI=1S/C23H41NO5/c1-3-5-7-8-9-10-11-12-13-14-19(28-22(26)17-24-18-25)16-21-20(15-6-4-2)23(27)29-21/h18-21H,3-17H2,1-2H3,(H,24,25)/t19-,20+,21?/m1/s1. The first kappa shape index (κ1) is 25.4. The molecule has 1 unspecified atom stereocenters. The maximum atomic E-state index is 11.9. The Bertz CT molecular complexity index is 468. The van der Waals surface area contributed by atoms with Crippen molar-refractivity contribution in [1.82, 2.24) is 5.32 Å². The molecule has 1 N–H and O–H groups in total. The van der Waals surface area contributed by atoms with Crippen LogP contribution in [0.4, 0.5) is 0 Å². The van der Waals surface area contributed by atoms with Crippen molar-refractivity contribution >= 4 is 18.3 Å². The molecular weight excluding hydrogens is 370 g/mol. The maximum Gasteiger partial charge on any atom is 0.325 e. The van der Waals surface area contributed by atoms with Crippen LogP contribution in [0.2, 0.25) is 0 Å². The lowest BCUT2D eigenvalue weighted by Gasteiger charge is -2.37. The van der Waals surface area contributed by atoms with Crippen LogP contribution < -0.4 is 5.32 Å². The van der Waals surface area contributed by atoms with Crippen LogP contribution in [0.1, 0.15) is 104 Å². The van der Waals surface area contributed by atoms with Gasteiger partial charge in [-0.15, -0.1) is 0 Å². The van der Waals surface area contributed by atoms with Crippen molar-refractivity contribution in [2.24, 2.45) is 5.92 Å². The fraction of sp³-hybridized carbons (Fsp3) is 0.870. The molecule has 0 radical (unpaired) electrons. The van der Waals surface area contributed by atoms with Gasteiger partial charge in [-0.05, 0) is 19.3 Å². The highest BCUT2D eigenvalue weighted by molar-refractivity contribution is 5.78. The van der Waals surface area contributed by atoms with E-state index >= 15 is 0 Å². The van der Waals surface area contributed by atoms with Crippen LogP contribution in [0, 0.1) is 5.92 Å². The van der Waals surface area contributed by atoms with Crippen LogP contribution in [0.3, 0.4) is 0 Å². The summed E-state index contributed by atoms with van der Waals surface area (Å²) in [7, 11) is 0. The van der Waals surface area contributed by atoms with E-state index in [2.05, 4.69) is 19.2 Å². The van der Waals surface area contributed by atoms with Gasteiger partial charge in [0.05, 0.1) is 5.92 Å². The van der Waals surface area contributed by atoms with Gasteiger partial charge in [0.25, 0.3) is 0 Å². The molecule has 1 aliphatic heterocycles. The summed E-state index contributed by atoms with van der Waals surface area (Å²) in [5, 5.41) is 2.34. The van der Waals surface area contributed by atoms with Gasteiger partial charge in [0.1, 0.15) is 18.8 Å². The molecule has 168 valence electrons. The number of carbonyl (C=O) groups is 3. The smallest absolute Gasteiger partial charge is 0.325 e. The number of hydrogen-bond acceptors (Lipinski definition) is 5. The first-order chi connectivity index (χ1) is 14.1. The highest BCUT2D eigenvalue weighted by Gasteiger charge is 2.43. The fourth-order valence-corrected chi connectivity index (χ4v) is 3.86. The summed E-state index contributed by atoms with van der Waals surface area (Å²) in [5.74, 6) is -0.625. The second-order valence-corrected chi connectivity index (χ2v) is 8.19. The number of esters is 2. The number of carbonyl (C=O) groups excluding carboxylic acids is 3. The van der Waals surface area contributed by atoms with Crippen LogP contribution in [0.15, 0.2) is 0 Å². The molecule has 6 heteroatoms. The van der Waals surface area contributed by atoms with E-state index in [9.17, 15) is 14.4 Å². The molecule has 0 aliphatic carbocycles. The van der Waals surface area contributed by atoms with Gasteiger partial charge in [-0.1, -0.05) is 78.1 Å². The molecule has 0 aromatic carbocycles. The molecule has 6 nitrogen and oxygen atoms in total. The minimum atomic E-state index is -0.436. The van der Waals surface area contributed by atoms with Crippen molar-refractivity contribution in [1.29, 1.82) is 0 Å². The average molecular weight is 412 g/mol. The lowest BCUT2D eigenvalue weighted by atomic mass is 9.87. The van der Waals surface area contributed by atoms with Gasteiger partial charge in [-0.25, -0.2) is 0 Å². The summed E-state index contributed by atoms with van der Waals surface area (Å²) in [6, 6.07) is 0. The average Bonchev–Trinajstić information content (AvgIpc) is 2.70. The minimum absolute atomic E-state index is 0.0626. The highest BCUT2D eigenvalue weighted by atomic mass is 16.6. The molecule has 1 aliphatic rings. The van der Waals surface area contributed by atoms with Crippen LogP contribution >= 0.6 is 0 Å². The number of amides is 1. The molecule has 1 fully saturated rings. The van der Waals surface area contributed by atoms with E-state index in [-0.39, 0.29) is 30.6 Å². The SMILES string of the molecule is CCCCCCCCCCC[C@H](CC1OC(=O)[C@H]1CCCC)OC(=O)CNC=O. The molecule has 1 amide bonds. The third kappa shape index (κ3) is 11.2. The zero-order chi connectivity index (χ0) is 21.3. The Kier molecular flexibility index (Phi) is 14.2. The lowest BCUT2D eigenvalue weighted by Crippen LogP contribution is -2.47. The molecule has 0 spiro atoms. The molecular formula is C23H41NO5. The molecule has 0 bridgehead atoms. The Balaban J connectivity index is 2.34. The monoisotopic (exact) mass is 411 g/mol. The van der Waals surface area contributed by atoms with Gasteiger partial charge >= 0.3 is 11.9 Å². The van der Waals surface area contributed by atoms with E-state index < -0.39 is 5.97 Å². The van der Waals surface area contributed by atoms with Gasteiger partial charge in [-0.2, -0.15) is 0 Å². The Hall–Kier alpha value is -1.59. The summed E-state index contributed by atoms with van der Waals surface area (Å²) in [4.78, 5) is 34.1. The first-order valence-corrected chi connectivity index (χ1v) is 11.7. The second-order valence-electron chi connectivity index (χ2n) is 8.19. The van der Waals surface area contributed by atoms with Gasteiger partial charge < -0.3 is 14.8 Å². The van der Waals surface area contributed by atoms with E-state index in [1.54, 1.807) is 0 Å². The Morgan fingerprint density at radius 2 is 1.66 bits per heavy atom. The molecule has 3 atom stereocenters. The van der Waals surface area contributed by atoms with E-state index in [0.717, 1.165) is 38.5 Å². The van der Waals surface area contributed by atoms with Crippen molar-refractivity contribution in [3.8, 4) is 0 Å². The Morgan fingerprint density at radius 3 is 2.24 bits per heavy atom. The number of ether oxygens (including phenoxy) is 2. The summed E-state index contributed by atoms with van der Waals surface area (Å²) < 4.78 is 10.9. The summed E-state index contributed by atoms with van der Waals surface area (Å²) in [6.07, 6.45) is 15.5. The summed E-state index contributed by atoms with van der Waals surface area (Å²) in [6.45, 7) is 4.21. The fourth-order valence-electron chi connectivity index (χ4n) is 3.86. The minimum Gasteiger partial charge on any atom is -0.461 e. The molecule has 0 aromatic heterocycles. The lowest BCUT2D eigenvalue weighted by molar-refractivity contribution is -0.190. The van der Waals surface area contributed by atoms with Crippen LogP contribution in [0.5, 0.6) is 0 Å². The zero-order valence-corrected chi connectivity index (χ0v) is 18.5. The second kappa shape index (κ2) is 16.2. The predicted octanol–water partition coefficient (Wildman–Crippen LogP) is 4.69. The number of hydrogen-bond donors (Lipinski definition) is 1. The molecule has 0 aromatic rings. The van der Waals surface area contributed by atoms with Crippen molar-refractivity contribution in [2.75, 3.05) is 6.54 Å². The number of unbranched alkanes of at least 4 members (excludes halogenated alkanes) is 9. The third-order valence-electron chi connectivity index (χ3n) is 5.64. The van der Waals surface area contributed by atoms with E-state index in [4.69, 9.17) is 9.47 Å². The van der Waals surface area contributed by atoms with Crippen molar-refractivity contribution in [2.45, 2.75) is 116 Å². The van der Waals surface area contributed by atoms with E-state index in [1.165, 1.54) is 44.9 Å². The van der Waals surface area contributed by atoms with Crippen LogP contribution in [-0.2, 0) is 23.9 Å². The summed E-state index contributed by atoms with van der Waals surface area (Å²) >= 11 is 0. The molecule has 29 heavy (non-hydrogen) atoms. The van der Waals surface area contributed by atoms with Crippen molar-refractivity contribution in [3.05, 3.63) is 0 Å². The molecule has 1 rings (SSSR count). The molecule has 1 heterocycles. The van der Waals surface area contributed by atoms with Gasteiger partial charge in [0.2, 0.25) is 6.41 Å². The van der Waals surface area contributed by atoms with Gasteiger partial charge in [-0.3, -0.25) is 14.4 Å². The summed E-state index contributed by atoms with van der Waals surface area (Å²) in [5.41, 5.74) is 0. The van der Waals surface area contributed by atoms with Gasteiger partial charge in [0.15, 0.2) is 0 Å². The maximum absolute atomic E-state index is 11.9. The van der Waals surface area contributed by atoms with E-state index in [0.29, 0.717) is 12.8 Å². The van der Waals surface area contributed by atoms with Crippen LogP contribution in [-0.4, -0.2) is 37.1 Å². The topological polar surface area (TPSA) is 81.7 Å². The predicted molar refractivity (Wildman–Crippen MR) is 113 cm³/mol. The largest absolute Gasteiger partial charge is 0.461 e. The number of rotatable bonds is 19. The first-order valence-electron chi connectivity index (χ1n) is 11.7. The Labute approximate surface area is 176 Å². The zero-order valence-electron chi connectivity index (χ0n) is 18.5. The molecule has 1 saturated heterocycles. The van der Waals surface area contributed by atoms with Gasteiger partial charge in [0, 0.05) is 6.42 Å². The number of nitrogens with one attached hydrogen (secondary N) is 1. The normalized spacial score (nSPS) is 19.2. The van der Waals surface area contributed by atoms with Crippen molar-refractivity contribution in [3.63, 3.8) is 0 Å².